The van der Waals surface area contributed by atoms with Crippen LogP contribution in [-0.2, 0) is 0 Å². The lowest BCUT2D eigenvalue weighted by Crippen LogP contribution is -2.21. The number of ether oxygens (including phenoxy) is 1. The van der Waals surface area contributed by atoms with E-state index in [9.17, 15) is 0 Å². The molecule has 0 radical (unpaired) electrons. The Balaban J connectivity index is 1.95. The van der Waals surface area contributed by atoms with E-state index < -0.39 is 0 Å². The lowest BCUT2D eigenvalue weighted by molar-refractivity contribution is 0.368. The Morgan fingerprint density at radius 1 is 1.20 bits per heavy atom. The molecule has 0 aliphatic carbocycles. The van der Waals surface area contributed by atoms with Gasteiger partial charge in [-0.25, -0.2) is 0 Å². The summed E-state index contributed by atoms with van der Waals surface area (Å²) in [6, 6.07) is 14.6. The maximum Gasteiger partial charge on any atom is 0.174 e. The number of hydrogen-bond donors (Lipinski definition) is 1. The Hall–Kier alpha value is -1.83. The molecule has 0 aliphatic rings. The van der Waals surface area contributed by atoms with E-state index in [0.29, 0.717) is 6.04 Å². The second kappa shape index (κ2) is 7.09. The molecule has 1 N–H and O–H groups in total. The van der Waals surface area contributed by atoms with Crippen LogP contribution < -0.4 is 10.1 Å². The van der Waals surface area contributed by atoms with Crippen molar-refractivity contribution in [3.63, 3.8) is 0 Å². The molecule has 0 amide bonds. The van der Waals surface area contributed by atoms with E-state index >= 15 is 0 Å². The van der Waals surface area contributed by atoms with Crippen molar-refractivity contribution in [3.8, 4) is 11.8 Å². The van der Waals surface area contributed by atoms with Crippen molar-refractivity contribution < 1.29 is 4.74 Å². The number of benzene rings is 1. The molecule has 0 spiro atoms. The minimum Gasteiger partial charge on any atom is -0.479 e. The Bertz CT molecular complexity index is 557. The molecular formula is C16H18N2OS. The summed E-state index contributed by atoms with van der Waals surface area (Å²) in [5.74, 6) is 0.730. The largest absolute Gasteiger partial charge is 0.479 e. The predicted molar refractivity (Wildman–Crippen MR) is 81.8 cm³/mol. The van der Waals surface area contributed by atoms with Gasteiger partial charge in [-0.05, 0) is 43.0 Å². The van der Waals surface area contributed by atoms with Crippen molar-refractivity contribution in [2.75, 3.05) is 6.61 Å². The van der Waals surface area contributed by atoms with Gasteiger partial charge in [-0.15, -0.1) is 11.3 Å². The topological polar surface area (TPSA) is 45.0 Å². The summed E-state index contributed by atoms with van der Waals surface area (Å²) < 4.78 is 5.25. The first-order valence-electron chi connectivity index (χ1n) is 6.60. The van der Waals surface area contributed by atoms with E-state index in [1.54, 1.807) is 11.3 Å². The van der Waals surface area contributed by atoms with Crippen molar-refractivity contribution in [1.29, 1.82) is 5.26 Å². The van der Waals surface area contributed by atoms with Gasteiger partial charge in [0.25, 0.3) is 0 Å². The van der Waals surface area contributed by atoms with Crippen LogP contribution in [0.15, 0.2) is 41.8 Å². The smallest absolute Gasteiger partial charge is 0.174 e. The molecule has 2 aromatic rings. The maximum absolute atomic E-state index is 8.48. The summed E-state index contributed by atoms with van der Waals surface area (Å²) in [4.78, 5) is 1.34. The van der Waals surface area contributed by atoms with E-state index in [-0.39, 0.29) is 12.6 Å². The third-order valence-electron chi connectivity index (χ3n) is 3.15. The molecule has 2 rings (SSSR count). The fourth-order valence-corrected chi connectivity index (χ4v) is 2.80. The van der Waals surface area contributed by atoms with Crippen molar-refractivity contribution in [1.82, 2.24) is 5.32 Å². The van der Waals surface area contributed by atoms with Gasteiger partial charge in [-0.3, -0.25) is 0 Å². The fourth-order valence-electron chi connectivity index (χ4n) is 2.06. The van der Waals surface area contributed by atoms with Crippen LogP contribution in [0.4, 0.5) is 0 Å². The molecule has 1 unspecified atom stereocenters. The SMILES string of the molecule is CC(N[C@H](C)c1cccs1)c1ccc(OCC#N)cc1. The average Bonchev–Trinajstić information content (AvgIpc) is 3.00. The quantitative estimate of drug-likeness (QED) is 0.871. The van der Waals surface area contributed by atoms with Crippen molar-refractivity contribution in [2.45, 2.75) is 25.9 Å². The van der Waals surface area contributed by atoms with Crippen LogP contribution in [0, 0.1) is 11.3 Å². The molecule has 0 bridgehead atoms. The molecule has 2 atom stereocenters. The van der Waals surface area contributed by atoms with E-state index in [1.165, 1.54) is 10.4 Å². The van der Waals surface area contributed by atoms with Gasteiger partial charge in [0.1, 0.15) is 11.8 Å². The maximum atomic E-state index is 8.48. The number of hydrogen-bond acceptors (Lipinski definition) is 4. The summed E-state index contributed by atoms with van der Waals surface area (Å²) in [6.07, 6.45) is 0. The van der Waals surface area contributed by atoms with E-state index in [2.05, 4.69) is 36.7 Å². The molecule has 1 heterocycles. The van der Waals surface area contributed by atoms with E-state index in [4.69, 9.17) is 10.00 Å². The van der Waals surface area contributed by atoms with Gasteiger partial charge in [-0.1, -0.05) is 18.2 Å². The van der Waals surface area contributed by atoms with Crippen LogP contribution in [0.3, 0.4) is 0 Å². The summed E-state index contributed by atoms with van der Waals surface area (Å²) in [7, 11) is 0. The summed E-state index contributed by atoms with van der Waals surface area (Å²) in [5, 5.41) is 14.2. The molecule has 1 aromatic heterocycles. The monoisotopic (exact) mass is 286 g/mol. The van der Waals surface area contributed by atoms with Crippen LogP contribution in [-0.4, -0.2) is 6.61 Å². The molecule has 0 aliphatic heterocycles. The van der Waals surface area contributed by atoms with Crippen LogP contribution in [0.1, 0.15) is 36.4 Å². The highest BCUT2D eigenvalue weighted by atomic mass is 32.1. The standard InChI is InChI=1S/C16H18N2OS/c1-12(18-13(2)16-4-3-11-20-16)14-5-7-15(8-6-14)19-10-9-17/h3-8,11-13,18H,10H2,1-2H3/t12?,13-/m1/s1. The highest BCUT2D eigenvalue weighted by Crippen LogP contribution is 2.23. The number of nitrogens with one attached hydrogen (secondary N) is 1. The molecule has 0 saturated heterocycles. The normalized spacial score (nSPS) is 13.4. The number of thiophene rings is 1. The third-order valence-corrected chi connectivity index (χ3v) is 4.21. The number of nitrogens with zero attached hydrogens (tertiary/aromatic N) is 1. The molecule has 0 saturated carbocycles. The molecule has 104 valence electrons. The van der Waals surface area contributed by atoms with Gasteiger partial charge in [0, 0.05) is 17.0 Å². The summed E-state index contributed by atoms with van der Waals surface area (Å²) in [5.41, 5.74) is 1.21. The number of nitriles is 1. The van der Waals surface area contributed by atoms with Gasteiger partial charge < -0.3 is 10.1 Å². The first kappa shape index (κ1) is 14.6. The van der Waals surface area contributed by atoms with Crippen molar-refractivity contribution in [2.24, 2.45) is 0 Å². The van der Waals surface area contributed by atoms with Gasteiger partial charge in [-0.2, -0.15) is 5.26 Å². The molecule has 20 heavy (non-hydrogen) atoms. The highest BCUT2D eigenvalue weighted by Gasteiger charge is 2.11. The zero-order chi connectivity index (χ0) is 14.4. The van der Waals surface area contributed by atoms with Gasteiger partial charge in [0.15, 0.2) is 6.61 Å². The van der Waals surface area contributed by atoms with E-state index in [1.807, 2.05) is 30.3 Å². The highest BCUT2D eigenvalue weighted by molar-refractivity contribution is 7.10. The summed E-state index contributed by atoms with van der Waals surface area (Å²) >= 11 is 1.77. The van der Waals surface area contributed by atoms with Crippen LogP contribution in [0.25, 0.3) is 0 Å². The molecule has 0 fully saturated rings. The van der Waals surface area contributed by atoms with Gasteiger partial charge >= 0.3 is 0 Å². The van der Waals surface area contributed by atoms with E-state index in [0.717, 1.165) is 5.75 Å². The second-order valence-corrected chi connectivity index (χ2v) is 5.62. The third kappa shape index (κ3) is 3.83. The predicted octanol–water partition coefficient (Wildman–Crippen LogP) is 4.06. The van der Waals surface area contributed by atoms with Crippen molar-refractivity contribution in [3.05, 3.63) is 52.2 Å². The molecule has 3 nitrogen and oxygen atoms in total. The van der Waals surface area contributed by atoms with Gasteiger partial charge in [0.2, 0.25) is 0 Å². The average molecular weight is 286 g/mol. The van der Waals surface area contributed by atoms with Crippen LogP contribution >= 0.6 is 11.3 Å². The Labute approximate surface area is 123 Å². The lowest BCUT2D eigenvalue weighted by Gasteiger charge is -2.19. The molecule has 1 aromatic carbocycles. The Morgan fingerprint density at radius 3 is 2.55 bits per heavy atom. The molecule has 4 heteroatoms. The van der Waals surface area contributed by atoms with Crippen LogP contribution in [0.5, 0.6) is 5.75 Å². The first-order chi connectivity index (χ1) is 9.70. The van der Waals surface area contributed by atoms with Crippen molar-refractivity contribution >= 4 is 11.3 Å². The van der Waals surface area contributed by atoms with Crippen LogP contribution in [0.2, 0.25) is 0 Å². The number of rotatable bonds is 6. The fraction of sp³-hybridized carbons (Fsp3) is 0.312. The Morgan fingerprint density at radius 2 is 1.95 bits per heavy atom. The molecular weight excluding hydrogens is 268 g/mol. The second-order valence-electron chi connectivity index (χ2n) is 4.64. The minimum atomic E-state index is 0.0859. The summed E-state index contributed by atoms with van der Waals surface area (Å²) in [6.45, 7) is 4.41. The minimum absolute atomic E-state index is 0.0859. The lowest BCUT2D eigenvalue weighted by atomic mass is 10.1. The zero-order valence-corrected chi connectivity index (χ0v) is 12.5. The zero-order valence-electron chi connectivity index (χ0n) is 11.7. The van der Waals surface area contributed by atoms with Gasteiger partial charge in [0.05, 0.1) is 0 Å². The first-order valence-corrected chi connectivity index (χ1v) is 7.48. The Kier molecular flexibility index (Phi) is 5.16.